The summed E-state index contributed by atoms with van der Waals surface area (Å²) in [6, 6.07) is 0. The minimum Gasteiger partial charge on any atom is -0.365 e. The number of carbonyl (C=O) groups is 1. The molecule has 1 saturated carbocycles. The highest BCUT2D eigenvalue weighted by atomic mass is 35.5. The van der Waals surface area contributed by atoms with Crippen LogP contribution in [0.3, 0.4) is 0 Å². The van der Waals surface area contributed by atoms with Gasteiger partial charge in [-0.15, -0.1) is 12.4 Å². The highest BCUT2D eigenvalue weighted by Gasteiger charge is 2.39. The van der Waals surface area contributed by atoms with Crippen molar-refractivity contribution in [1.29, 1.82) is 0 Å². The van der Waals surface area contributed by atoms with Gasteiger partial charge in [0.25, 0.3) is 5.91 Å². The van der Waals surface area contributed by atoms with E-state index in [4.69, 9.17) is 4.74 Å². The molecule has 23 heavy (non-hydrogen) atoms. The van der Waals surface area contributed by atoms with Gasteiger partial charge in [0.2, 0.25) is 0 Å². The Kier molecular flexibility index (Phi) is 7.18. The second kappa shape index (κ2) is 8.68. The molecule has 0 radical (unpaired) electrons. The standard InChI is InChI=1S/C18H32N2O2.ClH/c1-15(22-16-6-4-2-3-5-7-16)17(21)20-12-9-18(10-13-20)8-11-19-14-18;/h15-16,19H,2-14H2,1H3;1H. The first-order valence-electron chi connectivity index (χ1n) is 9.34. The van der Waals surface area contributed by atoms with E-state index in [1.54, 1.807) is 0 Å². The van der Waals surface area contributed by atoms with Gasteiger partial charge in [0.15, 0.2) is 0 Å². The van der Waals surface area contributed by atoms with Crippen LogP contribution in [0.5, 0.6) is 0 Å². The van der Waals surface area contributed by atoms with Gasteiger partial charge in [0, 0.05) is 19.6 Å². The van der Waals surface area contributed by atoms with Crippen molar-refractivity contribution in [3.05, 3.63) is 0 Å². The summed E-state index contributed by atoms with van der Waals surface area (Å²) in [5, 5.41) is 3.48. The van der Waals surface area contributed by atoms with E-state index < -0.39 is 0 Å². The first-order chi connectivity index (χ1) is 10.7. The Labute approximate surface area is 147 Å². The molecule has 3 fully saturated rings. The number of ether oxygens (including phenoxy) is 1. The molecular formula is C18H33ClN2O2. The van der Waals surface area contributed by atoms with Crippen molar-refractivity contribution in [3.8, 4) is 0 Å². The molecule has 0 aromatic heterocycles. The van der Waals surface area contributed by atoms with Crippen LogP contribution in [-0.4, -0.2) is 49.2 Å². The van der Waals surface area contributed by atoms with Gasteiger partial charge in [-0.05, 0) is 51.0 Å². The number of nitrogens with zero attached hydrogens (tertiary/aromatic N) is 1. The van der Waals surface area contributed by atoms with Crippen LogP contribution in [0.15, 0.2) is 0 Å². The maximum Gasteiger partial charge on any atom is 0.251 e. The number of carbonyl (C=O) groups excluding carboxylic acids is 1. The molecule has 1 N–H and O–H groups in total. The molecule has 0 bridgehead atoms. The first-order valence-corrected chi connectivity index (χ1v) is 9.34. The minimum absolute atomic E-state index is 0. The van der Waals surface area contributed by atoms with Gasteiger partial charge in [0.05, 0.1) is 6.10 Å². The number of nitrogens with one attached hydrogen (secondary N) is 1. The fraction of sp³-hybridized carbons (Fsp3) is 0.944. The lowest BCUT2D eigenvalue weighted by molar-refractivity contribution is -0.148. The second-order valence-electron chi connectivity index (χ2n) is 7.64. The predicted octanol–water partition coefficient (Wildman–Crippen LogP) is 3.14. The van der Waals surface area contributed by atoms with E-state index in [0.717, 1.165) is 51.9 Å². The molecule has 3 aliphatic rings. The molecule has 1 spiro atoms. The van der Waals surface area contributed by atoms with E-state index in [1.807, 2.05) is 11.8 Å². The first kappa shape index (κ1) is 19.0. The summed E-state index contributed by atoms with van der Waals surface area (Å²) in [5.41, 5.74) is 0.474. The third-order valence-electron chi connectivity index (χ3n) is 6.01. The van der Waals surface area contributed by atoms with Crippen LogP contribution in [0.1, 0.15) is 64.7 Å². The van der Waals surface area contributed by atoms with Crippen molar-refractivity contribution < 1.29 is 9.53 Å². The number of likely N-dealkylation sites (tertiary alicyclic amines) is 1. The lowest BCUT2D eigenvalue weighted by atomic mass is 9.78. The third-order valence-corrected chi connectivity index (χ3v) is 6.01. The summed E-state index contributed by atoms with van der Waals surface area (Å²) in [5.74, 6) is 0.213. The zero-order valence-electron chi connectivity index (χ0n) is 14.5. The summed E-state index contributed by atoms with van der Waals surface area (Å²) in [6.45, 7) is 6.07. The normalized spacial score (nSPS) is 26.6. The van der Waals surface area contributed by atoms with Crippen LogP contribution in [0.4, 0.5) is 0 Å². The van der Waals surface area contributed by atoms with Gasteiger partial charge in [-0.25, -0.2) is 0 Å². The van der Waals surface area contributed by atoms with Crippen LogP contribution in [-0.2, 0) is 9.53 Å². The molecular weight excluding hydrogens is 312 g/mol. The molecule has 0 aromatic rings. The fourth-order valence-electron chi connectivity index (χ4n) is 4.41. The largest absolute Gasteiger partial charge is 0.365 e. The molecule has 2 saturated heterocycles. The molecule has 1 aliphatic carbocycles. The fourth-order valence-corrected chi connectivity index (χ4v) is 4.41. The van der Waals surface area contributed by atoms with Gasteiger partial charge >= 0.3 is 0 Å². The second-order valence-corrected chi connectivity index (χ2v) is 7.64. The van der Waals surface area contributed by atoms with Crippen molar-refractivity contribution in [2.75, 3.05) is 26.2 Å². The zero-order valence-corrected chi connectivity index (χ0v) is 15.3. The quantitative estimate of drug-likeness (QED) is 0.800. The van der Waals surface area contributed by atoms with Crippen molar-refractivity contribution in [2.45, 2.75) is 76.9 Å². The molecule has 2 aliphatic heterocycles. The predicted molar refractivity (Wildman–Crippen MR) is 95.0 cm³/mol. The van der Waals surface area contributed by atoms with Crippen molar-refractivity contribution in [2.24, 2.45) is 5.41 Å². The van der Waals surface area contributed by atoms with Crippen molar-refractivity contribution in [3.63, 3.8) is 0 Å². The van der Waals surface area contributed by atoms with Crippen LogP contribution in [0.25, 0.3) is 0 Å². The molecule has 5 heteroatoms. The molecule has 4 nitrogen and oxygen atoms in total. The Hall–Kier alpha value is -0.320. The number of hydrogen-bond donors (Lipinski definition) is 1. The Balaban J connectivity index is 0.00000192. The highest BCUT2D eigenvalue weighted by molar-refractivity contribution is 5.85. The minimum atomic E-state index is -0.265. The molecule has 1 amide bonds. The smallest absolute Gasteiger partial charge is 0.251 e. The van der Waals surface area contributed by atoms with Gasteiger partial charge in [-0.3, -0.25) is 4.79 Å². The van der Waals surface area contributed by atoms with Crippen molar-refractivity contribution in [1.82, 2.24) is 10.2 Å². The Morgan fingerprint density at radius 1 is 1.13 bits per heavy atom. The van der Waals surface area contributed by atoms with E-state index in [0.29, 0.717) is 11.5 Å². The summed E-state index contributed by atoms with van der Waals surface area (Å²) in [4.78, 5) is 14.7. The van der Waals surface area contributed by atoms with Crippen LogP contribution in [0.2, 0.25) is 0 Å². The van der Waals surface area contributed by atoms with E-state index in [1.165, 1.54) is 32.1 Å². The zero-order chi connectivity index (χ0) is 15.4. The lowest BCUT2D eigenvalue weighted by Crippen LogP contribution is -2.48. The summed E-state index contributed by atoms with van der Waals surface area (Å²) < 4.78 is 6.10. The monoisotopic (exact) mass is 344 g/mol. The number of hydrogen-bond acceptors (Lipinski definition) is 3. The van der Waals surface area contributed by atoms with Gasteiger partial charge in [-0.1, -0.05) is 25.7 Å². The van der Waals surface area contributed by atoms with E-state index in [2.05, 4.69) is 5.32 Å². The summed E-state index contributed by atoms with van der Waals surface area (Å²) in [6.07, 6.45) is 11.0. The van der Waals surface area contributed by atoms with E-state index in [9.17, 15) is 4.79 Å². The average Bonchev–Trinajstić information content (AvgIpc) is 2.82. The molecule has 3 rings (SSSR count). The highest BCUT2D eigenvalue weighted by Crippen LogP contribution is 2.37. The Morgan fingerprint density at radius 2 is 1.78 bits per heavy atom. The van der Waals surface area contributed by atoms with Gasteiger partial charge in [-0.2, -0.15) is 0 Å². The number of halogens is 1. The van der Waals surface area contributed by atoms with Gasteiger partial charge in [0.1, 0.15) is 6.10 Å². The number of amides is 1. The van der Waals surface area contributed by atoms with Crippen LogP contribution < -0.4 is 5.32 Å². The molecule has 2 heterocycles. The average molecular weight is 345 g/mol. The summed E-state index contributed by atoms with van der Waals surface area (Å²) in [7, 11) is 0. The Morgan fingerprint density at radius 3 is 2.35 bits per heavy atom. The molecule has 1 atom stereocenters. The van der Waals surface area contributed by atoms with Crippen molar-refractivity contribution >= 4 is 18.3 Å². The van der Waals surface area contributed by atoms with Gasteiger partial charge < -0.3 is 15.0 Å². The summed E-state index contributed by atoms with van der Waals surface area (Å²) >= 11 is 0. The molecule has 134 valence electrons. The van der Waals surface area contributed by atoms with E-state index >= 15 is 0 Å². The third kappa shape index (κ3) is 4.83. The number of piperidine rings is 1. The topological polar surface area (TPSA) is 41.6 Å². The maximum absolute atomic E-state index is 12.6. The van der Waals surface area contributed by atoms with Crippen LogP contribution in [0, 0.1) is 5.41 Å². The maximum atomic E-state index is 12.6. The number of rotatable bonds is 3. The molecule has 0 aromatic carbocycles. The molecule has 1 unspecified atom stereocenters. The van der Waals surface area contributed by atoms with E-state index in [-0.39, 0.29) is 24.4 Å². The van der Waals surface area contributed by atoms with Crippen LogP contribution >= 0.6 is 12.4 Å². The Bertz CT molecular complexity index is 367. The SMILES string of the molecule is CC(OC1CCCCCC1)C(=O)N1CCC2(CCNC2)CC1.Cl. The lowest BCUT2D eigenvalue weighted by Gasteiger charge is -2.40.